The number of halogens is 1. The number of carbonyl (C=O) groups is 2. The Morgan fingerprint density at radius 3 is 2.44 bits per heavy atom. The molecule has 1 aliphatic heterocycles. The zero-order chi connectivity index (χ0) is 22.8. The molecule has 5 heteroatoms. The molecule has 0 atom stereocenters. The largest absolute Gasteiger partial charge is 0.321 e. The van der Waals surface area contributed by atoms with Crippen LogP contribution in [0.15, 0.2) is 60.7 Å². The number of rotatable bonds is 4. The van der Waals surface area contributed by atoms with Crippen LogP contribution < -0.4 is 10.2 Å². The number of aryl methyl sites for hydroxylation is 2. The second kappa shape index (κ2) is 8.95. The van der Waals surface area contributed by atoms with E-state index in [-0.39, 0.29) is 17.6 Å². The van der Waals surface area contributed by atoms with Crippen LogP contribution in [0.5, 0.6) is 0 Å². The molecule has 0 aliphatic carbocycles. The molecule has 3 aromatic rings. The van der Waals surface area contributed by atoms with Crippen LogP contribution in [0.1, 0.15) is 63.6 Å². The van der Waals surface area contributed by atoms with E-state index in [9.17, 15) is 14.0 Å². The van der Waals surface area contributed by atoms with E-state index in [0.717, 1.165) is 40.9 Å². The number of amides is 2. The fourth-order valence-corrected chi connectivity index (χ4v) is 4.23. The first-order chi connectivity index (χ1) is 15.3. The van der Waals surface area contributed by atoms with Crippen LogP contribution in [0.4, 0.5) is 15.8 Å². The molecular weight excluding hydrogens is 403 g/mol. The lowest BCUT2D eigenvalue weighted by Gasteiger charge is -2.30. The molecule has 0 saturated heterocycles. The van der Waals surface area contributed by atoms with E-state index in [1.54, 1.807) is 11.0 Å². The predicted molar refractivity (Wildman–Crippen MR) is 126 cm³/mol. The zero-order valence-electron chi connectivity index (χ0n) is 18.6. The standard InChI is InChI=1S/C27H27FN2O2/c1-17(2)23-8-4-6-18(3)25(23)29-26(31)21-11-14-24-20(16-21)7-5-15-30(24)27(32)19-9-12-22(28)13-10-19/h4,6,8-14,16-17H,5,7,15H2,1-3H3,(H,29,31). The van der Waals surface area contributed by atoms with Crippen LogP contribution in [0.3, 0.4) is 0 Å². The molecule has 0 fully saturated rings. The summed E-state index contributed by atoms with van der Waals surface area (Å²) in [5, 5.41) is 3.09. The molecule has 164 valence electrons. The first-order valence-electron chi connectivity index (χ1n) is 11.0. The number of carbonyl (C=O) groups excluding carboxylic acids is 2. The quantitative estimate of drug-likeness (QED) is 0.543. The van der Waals surface area contributed by atoms with Gasteiger partial charge in [0.15, 0.2) is 0 Å². The molecule has 0 unspecified atom stereocenters. The van der Waals surface area contributed by atoms with Gasteiger partial charge >= 0.3 is 0 Å². The van der Waals surface area contributed by atoms with Crippen molar-refractivity contribution in [2.75, 3.05) is 16.8 Å². The van der Waals surface area contributed by atoms with Crippen molar-refractivity contribution >= 4 is 23.2 Å². The maximum atomic E-state index is 13.2. The molecule has 4 rings (SSSR count). The first-order valence-corrected chi connectivity index (χ1v) is 11.0. The summed E-state index contributed by atoms with van der Waals surface area (Å²) in [4.78, 5) is 27.8. The van der Waals surface area contributed by atoms with Crippen LogP contribution >= 0.6 is 0 Å². The lowest BCUT2D eigenvalue weighted by atomic mass is 9.96. The van der Waals surface area contributed by atoms with Crippen molar-refractivity contribution in [3.8, 4) is 0 Å². The smallest absolute Gasteiger partial charge is 0.258 e. The monoisotopic (exact) mass is 430 g/mol. The van der Waals surface area contributed by atoms with Crippen molar-refractivity contribution in [2.45, 2.75) is 39.5 Å². The predicted octanol–water partition coefficient (Wildman–Crippen LogP) is 6.10. The maximum absolute atomic E-state index is 13.2. The van der Waals surface area contributed by atoms with E-state index in [0.29, 0.717) is 23.6 Å². The number of para-hydroxylation sites is 1. The number of anilines is 2. The number of nitrogens with one attached hydrogen (secondary N) is 1. The van der Waals surface area contributed by atoms with Gasteiger partial charge in [-0.15, -0.1) is 0 Å². The molecule has 0 aromatic heterocycles. The summed E-state index contributed by atoms with van der Waals surface area (Å²) in [6.07, 6.45) is 1.60. The molecule has 3 aromatic carbocycles. The molecule has 1 heterocycles. The summed E-state index contributed by atoms with van der Waals surface area (Å²) < 4.78 is 13.2. The van der Waals surface area contributed by atoms with Gasteiger partial charge in [0, 0.05) is 29.0 Å². The second-order valence-electron chi connectivity index (χ2n) is 8.56. The van der Waals surface area contributed by atoms with Gasteiger partial charge in [-0.1, -0.05) is 32.0 Å². The SMILES string of the molecule is Cc1cccc(C(C)C)c1NC(=O)c1ccc2c(c1)CCCN2C(=O)c1ccc(F)cc1. The number of nitrogens with zero attached hydrogens (tertiary/aromatic N) is 1. The Morgan fingerprint density at radius 2 is 1.72 bits per heavy atom. The van der Waals surface area contributed by atoms with Gasteiger partial charge < -0.3 is 10.2 Å². The number of hydrogen-bond acceptors (Lipinski definition) is 2. The van der Waals surface area contributed by atoms with E-state index in [4.69, 9.17) is 0 Å². The van der Waals surface area contributed by atoms with Crippen LogP contribution in [0.2, 0.25) is 0 Å². The summed E-state index contributed by atoms with van der Waals surface area (Å²) in [6.45, 7) is 6.80. The summed E-state index contributed by atoms with van der Waals surface area (Å²) >= 11 is 0. The van der Waals surface area contributed by atoms with Crippen molar-refractivity contribution in [1.82, 2.24) is 0 Å². The van der Waals surface area contributed by atoms with Gasteiger partial charge in [-0.3, -0.25) is 9.59 Å². The normalized spacial score (nSPS) is 13.1. The van der Waals surface area contributed by atoms with Gasteiger partial charge in [0.2, 0.25) is 0 Å². The molecular formula is C27H27FN2O2. The highest BCUT2D eigenvalue weighted by Crippen LogP contribution is 2.31. The van der Waals surface area contributed by atoms with Crippen molar-refractivity contribution in [3.63, 3.8) is 0 Å². The Kier molecular flexibility index (Phi) is 6.08. The summed E-state index contributed by atoms with van der Waals surface area (Å²) in [7, 11) is 0. The molecule has 0 spiro atoms. The van der Waals surface area contributed by atoms with Gasteiger partial charge in [0.25, 0.3) is 11.8 Å². The molecule has 1 aliphatic rings. The molecule has 2 amide bonds. The Balaban J connectivity index is 1.60. The van der Waals surface area contributed by atoms with Crippen molar-refractivity contribution in [1.29, 1.82) is 0 Å². The van der Waals surface area contributed by atoms with E-state index in [1.807, 2.05) is 37.3 Å². The molecule has 0 bridgehead atoms. The maximum Gasteiger partial charge on any atom is 0.258 e. The molecule has 1 N–H and O–H groups in total. The second-order valence-corrected chi connectivity index (χ2v) is 8.56. The van der Waals surface area contributed by atoms with E-state index < -0.39 is 0 Å². The minimum Gasteiger partial charge on any atom is -0.321 e. The molecule has 32 heavy (non-hydrogen) atoms. The number of fused-ring (bicyclic) bond motifs is 1. The van der Waals surface area contributed by atoms with Gasteiger partial charge in [-0.2, -0.15) is 0 Å². The van der Waals surface area contributed by atoms with E-state index in [1.165, 1.54) is 24.3 Å². The highest BCUT2D eigenvalue weighted by atomic mass is 19.1. The third-order valence-corrected chi connectivity index (χ3v) is 5.96. The number of hydrogen-bond donors (Lipinski definition) is 1. The highest BCUT2D eigenvalue weighted by Gasteiger charge is 2.25. The topological polar surface area (TPSA) is 49.4 Å². The van der Waals surface area contributed by atoms with E-state index in [2.05, 4.69) is 19.2 Å². The van der Waals surface area contributed by atoms with Crippen molar-refractivity contribution < 1.29 is 14.0 Å². The van der Waals surface area contributed by atoms with Gasteiger partial charge in [0.05, 0.1) is 0 Å². The average Bonchev–Trinajstić information content (AvgIpc) is 2.79. The van der Waals surface area contributed by atoms with Crippen LogP contribution in [0, 0.1) is 12.7 Å². The van der Waals surface area contributed by atoms with Gasteiger partial charge in [-0.25, -0.2) is 4.39 Å². The lowest BCUT2D eigenvalue weighted by molar-refractivity contribution is 0.0984. The fourth-order valence-electron chi connectivity index (χ4n) is 4.23. The van der Waals surface area contributed by atoms with Crippen LogP contribution in [0.25, 0.3) is 0 Å². The van der Waals surface area contributed by atoms with Gasteiger partial charge in [0.1, 0.15) is 5.82 Å². The summed E-state index contributed by atoms with van der Waals surface area (Å²) in [5.74, 6) is -0.402. The van der Waals surface area contributed by atoms with Crippen LogP contribution in [-0.4, -0.2) is 18.4 Å². The van der Waals surface area contributed by atoms with Crippen molar-refractivity contribution in [3.05, 3.63) is 94.3 Å². The van der Waals surface area contributed by atoms with Crippen molar-refractivity contribution in [2.24, 2.45) is 0 Å². The molecule has 0 saturated carbocycles. The average molecular weight is 431 g/mol. The minimum absolute atomic E-state index is 0.161. The van der Waals surface area contributed by atoms with E-state index >= 15 is 0 Å². The Morgan fingerprint density at radius 1 is 1.00 bits per heavy atom. The Hall–Kier alpha value is -3.47. The minimum atomic E-state index is -0.370. The highest BCUT2D eigenvalue weighted by molar-refractivity contribution is 6.08. The fraction of sp³-hybridized carbons (Fsp3) is 0.259. The molecule has 4 nitrogen and oxygen atoms in total. The number of benzene rings is 3. The Labute approximate surface area is 188 Å². The summed E-state index contributed by atoms with van der Waals surface area (Å²) in [5.41, 5.74) is 5.78. The third-order valence-electron chi connectivity index (χ3n) is 5.96. The lowest BCUT2D eigenvalue weighted by Crippen LogP contribution is -2.35. The zero-order valence-corrected chi connectivity index (χ0v) is 18.6. The van der Waals surface area contributed by atoms with Gasteiger partial charge in [-0.05, 0) is 84.8 Å². The van der Waals surface area contributed by atoms with Crippen LogP contribution in [-0.2, 0) is 6.42 Å². The first kappa shape index (κ1) is 21.8. The third kappa shape index (κ3) is 4.28. The molecule has 0 radical (unpaired) electrons. The summed E-state index contributed by atoms with van der Waals surface area (Å²) in [6, 6.07) is 17.1. The Bertz CT molecular complexity index is 1170.